The van der Waals surface area contributed by atoms with E-state index in [2.05, 4.69) is 0 Å². The number of hydrogen-bond donors (Lipinski definition) is 0. The highest BCUT2D eigenvalue weighted by atomic mass is 16.0. The van der Waals surface area contributed by atoms with Crippen LogP contribution in [0, 0.1) is 0 Å². The average Bonchev–Trinajstić information content (AvgIpc) is 0. The zero-order chi connectivity index (χ0) is 0. The van der Waals surface area contributed by atoms with Crippen LogP contribution in [0.15, 0.2) is 0 Å². The van der Waals surface area contributed by atoms with Crippen LogP contribution in [0.1, 0.15) is 0 Å². The van der Waals surface area contributed by atoms with Crippen molar-refractivity contribution < 1.29 is 65.7 Å². The molecule has 0 heterocycles. The van der Waals surface area contributed by atoms with E-state index in [1.54, 1.807) is 0 Å². The second-order valence-corrected chi connectivity index (χ2v) is 0. The fourth-order valence-electron chi connectivity index (χ4n) is 0. The van der Waals surface area contributed by atoms with Gasteiger partial charge in [0.2, 0.25) is 0 Å². The van der Waals surface area contributed by atoms with E-state index in [1.807, 2.05) is 0 Å². The summed E-state index contributed by atoms with van der Waals surface area (Å²) in [4.78, 5) is 0. The van der Waals surface area contributed by atoms with Crippen molar-refractivity contribution in [2.75, 3.05) is 0 Å². The van der Waals surface area contributed by atoms with Crippen molar-refractivity contribution in [3.63, 3.8) is 0 Å². The fraction of sp³-hybridized carbons (Fsp3) is 0. The smallest absolute Gasteiger partial charge is 0.412 e. The van der Waals surface area contributed by atoms with Gasteiger partial charge in [-0.1, -0.05) is 0 Å². The maximum Gasteiger partial charge on any atom is -0.412 e. The first-order valence-electron chi connectivity index (χ1n) is 0. The lowest BCUT2D eigenvalue weighted by atomic mass is 16.0. The summed E-state index contributed by atoms with van der Waals surface area (Å²) in [6, 6.07) is 0. The van der Waals surface area contributed by atoms with Crippen LogP contribution < -0.4 is 0 Å². The van der Waals surface area contributed by atoms with Gasteiger partial charge in [-0.2, -0.15) is 0 Å². The third-order valence-corrected chi connectivity index (χ3v) is 0. The molecule has 0 aromatic carbocycles. The van der Waals surface area contributed by atoms with Gasteiger partial charge in [-0.15, -0.1) is 0 Å². The first-order chi connectivity index (χ1) is 0. The predicted molar refractivity (Wildman–Crippen MR) is 43.4 cm³/mol. The van der Waals surface area contributed by atoms with E-state index >= 15 is 0 Å². The first kappa shape index (κ1) is 5530. The van der Waals surface area contributed by atoms with Gasteiger partial charge in [-0.05, 0) is 0 Å². The molecular weight excluding hydrogens is 192 g/mol. The van der Waals surface area contributed by atoms with E-state index in [-0.39, 0.29) is 65.7 Å². The van der Waals surface area contributed by atoms with Crippen LogP contribution in [0.3, 0.4) is 0 Å². The van der Waals surface area contributed by atoms with Crippen molar-refractivity contribution in [1.29, 1.82) is 0 Å². The number of hydrogen-bond acceptors (Lipinski definition) is 0. The van der Waals surface area contributed by atoms with Crippen LogP contribution in [0.4, 0.5) is 0 Å². The zero-order valence-corrected chi connectivity index (χ0v) is 6.00. The summed E-state index contributed by atoms with van der Waals surface area (Å²) in [5.74, 6) is 0. The van der Waals surface area contributed by atoms with Crippen LogP contribution in [0.5, 0.6) is 0 Å². The molecule has 0 spiro atoms. The molecule has 0 aromatic heterocycles. The third-order valence-electron chi connectivity index (χ3n) is 0. The molecule has 96 valence electrons. The maximum absolute atomic E-state index is 0. The SMILES string of the molecule is O.O.O.O.O.O.O.O.O.O.O.O. The van der Waals surface area contributed by atoms with Gasteiger partial charge in [0, 0.05) is 0 Å². The van der Waals surface area contributed by atoms with Crippen molar-refractivity contribution in [3.8, 4) is 0 Å². The predicted octanol–water partition coefficient (Wildman–Crippen LogP) is -9.90. The van der Waals surface area contributed by atoms with E-state index < -0.39 is 0 Å². The van der Waals surface area contributed by atoms with Crippen LogP contribution in [0.2, 0.25) is 0 Å². The molecule has 0 aromatic rings. The van der Waals surface area contributed by atoms with Crippen molar-refractivity contribution in [3.05, 3.63) is 0 Å². The van der Waals surface area contributed by atoms with E-state index in [1.165, 1.54) is 0 Å². The summed E-state index contributed by atoms with van der Waals surface area (Å²) in [5.41, 5.74) is 0. The molecule has 12 heavy (non-hydrogen) atoms. The summed E-state index contributed by atoms with van der Waals surface area (Å²) < 4.78 is 0. The van der Waals surface area contributed by atoms with E-state index in [0.717, 1.165) is 0 Å². The van der Waals surface area contributed by atoms with E-state index in [4.69, 9.17) is 0 Å². The Balaban J connectivity index is 0. The van der Waals surface area contributed by atoms with Crippen molar-refractivity contribution in [1.82, 2.24) is 0 Å². The van der Waals surface area contributed by atoms with Gasteiger partial charge in [0.05, 0.1) is 0 Å². The highest BCUT2D eigenvalue weighted by molar-refractivity contribution is 0.835. The Morgan fingerprint density at radius 3 is 0.0833 bits per heavy atom. The van der Waals surface area contributed by atoms with Crippen molar-refractivity contribution in [2.24, 2.45) is 0 Å². The molecule has 12 heteroatoms. The molecule has 0 saturated carbocycles. The van der Waals surface area contributed by atoms with Crippen molar-refractivity contribution >= 4 is 0 Å². The maximum atomic E-state index is 0. The monoisotopic (exact) mass is 216 g/mol. The minimum Gasteiger partial charge on any atom is -0.412 e. The first-order valence-corrected chi connectivity index (χ1v) is 0. The van der Waals surface area contributed by atoms with Gasteiger partial charge < -0.3 is 65.7 Å². The zero-order valence-electron chi connectivity index (χ0n) is 6.00. The van der Waals surface area contributed by atoms with Crippen LogP contribution in [-0.2, 0) is 0 Å². The summed E-state index contributed by atoms with van der Waals surface area (Å²) in [5, 5.41) is 0. The van der Waals surface area contributed by atoms with Gasteiger partial charge >= 0.3 is 0 Å². The summed E-state index contributed by atoms with van der Waals surface area (Å²) in [6.07, 6.45) is 0. The van der Waals surface area contributed by atoms with Gasteiger partial charge in [0.25, 0.3) is 0 Å². The summed E-state index contributed by atoms with van der Waals surface area (Å²) in [7, 11) is 0. The molecule has 0 bridgehead atoms. The molecule has 0 aliphatic heterocycles. The van der Waals surface area contributed by atoms with Crippen LogP contribution >= 0.6 is 0 Å². The Hall–Kier alpha value is -0.480. The largest absolute Gasteiger partial charge is 0.412 e. The normalized spacial score (nSPS) is 0. The minimum atomic E-state index is 0. The Morgan fingerprint density at radius 1 is 0.0833 bits per heavy atom. The Kier molecular flexibility index (Phi) is 1910000. The van der Waals surface area contributed by atoms with E-state index in [0.29, 0.717) is 0 Å². The van der Waals surface area contributed by atoms with Gasteiger partial charge in [0.15, 0.2) is 0 Å². The van der Waals surface area contributed by atoms with Gasteiger partial charge in [-0.3, -0.25) is 0 Å². The summed E-state index contributed by atoms with van der Waals surface area (Å²) >= 11 is 0. The average molecular weight is 216 g/mol. The lowest BCUT2D eigenvalue weighted by Gasteiger charge is -0.413. The molecule has 0 unspecified atom stereocenters. The lowest BCUT2D eigenvalue weighted by molar-refractivity contribution is 0.823. The Morgan fingerprint density at radius 2 is 0.0833 bits per heavy atom. The molecule has 0 amide bonds. The Labute approximate surface area is 67.1 Å². The van der Waals surface area contributed by atoms with Gasteiger partial charge in [0.1, 0.15) is 0 Å². The molecule has 24 N–H and O–H groups in total. The topological polar surface area (TPSA) is 378 Å². The molecule has 0 saturated heterocycles. The second kappa shape index (κ2) is 4140. The lowest BCUT2D eigenvalue weighted by Crippen LogP contribution is -0.290. The molecule has 0 aliphatic carbocycles. The minimum absolute atomic E-state index is 0. The quantitative estimate of drug-likeness (QED) is 0.363. The van der Waals surface area contributed by atoms with Crippen LogP contribution in [-0.4, -0.2) is 65.7 Å². The molecule has 0 aliphatic rings. The number of rotatable bonds is 0. The Bertz CT molecular complexity index is 0. The van der Waals surface area contributed by atoms with Gasteiger partial charge in [-0.25, -0.2) is 0 Å². The van der Waals surface area contributed by atoms with E-state index in [9.17, 15) is 0 Å². The highest BCUT2D eigenvalue weighted by Crippen LogP contribution is -0.278. The highest BCUT2D eigenvalue weighted by Gasteiger charge is -0.401. The fourth-order valence-corrected chi connectivity index (χ4v) is 0. The van der Waals surface area contributed by atoms with Crippen LogP contribution in [0.25, 0.3) is 0 Å². The van der Waals surface area contributed by atoms with Crippen molar-refractivity contribution in [2.45, 2.75) is 0 Å². The molecule has 0 atom stereocenters. The molecule has 12 nitrogen and oxygen atoms in total. The molecule has 0 radical (unpaired) electrons. The molecule has 0 fully saturated rings. The standard InChI is InChI=1S/12H2O/h12*1H2. The molecular formula is H24O12. The second-order valence-electron chi connectivity index (χ2n) is 0. The summed E-state index contributed by atoms with van der Waals surface area (Å²) in [6.45, 7) is 0. The molecule has 0 rings (SSSR count). The third kappa shape index (κ3) is 3000.